The van der Waals surface area contributed by atoms with E-state index in [2.05, 4.69) is 16.9 Å². The molecule has 2 saturated heterocycles. The fourth-order valence-corrected chi connectivity index (χ4v) is 4.88. The van der Waals surface area contributed by atoms with Crippen molar-refractivity contribution < 1.29 is 19.5 Å². The van der Waals surface area contributed by atoms with Crippen LogP contribution in [0.25, 0.3) is 0 Å². The summed E-state index contributed by atoms with van der Waals surface area (Å²) in [5, 5.41) is 12.7. The van der Waals surface area contributed by atoms with Crippen LogP contribution in [0.4, 0.5) is 5.69 Å². The van der Waals surface area contributed by atoms with E-state index in [-0.39, 0.29) is 21.9 Å². The normalized spacial score (nSPS) is 27.2. The molecule has 2 heterocycles. The number of hydrogen-bond donors (Lipinski definition) is 2. The van der Waals surface area contributed by atoms with E-state index in [0.717, 1.165) is 23.5 Å². The second-order valence-electron chi connectivity index (χ2n) is 6.11. The number of anilines is 1. The van der Waals surface area contributed by atoms with Gasteiger partial charge in [-0.15, -0.1) is 11.8 Å². The van der Waals surface area contributed by atoms with E-state index in [9.17, 15) is 19.5 Å². The summed E-state index contributed by atoms with van der Waals surface area (Å²) < 4.78 is -1.28. The number of thioether (sulfide) groups is 2. The van der Waals surface area contributed by atoms with Gasteiger partial charge >= 0.3 is 5.97 Å². The molecule has 0 bridgehead atoms. The van der Waals surface area contributed by atoms with Crippen LogP contribution in [-0.2, 0) is 14.4 Å². The van der Waals surface area contributed by atoms with Crippen LogP contribution >= 0.6 is 35.1 Å². The third-order valence-corrected chi connectivity index (χ3v) is 6.75. The van der Waals surface area contributed by atoms with Crippen LogP contribution in [0.2, 0.25) is 5.02 Å². The van der Waals surface area contributed by atoms with Gasteiger partial charge in [0, 0.05) is 23.3 Å². The number of nitrogens with one attached hydrogen (secondary N) is 1. The van der Waals surface area contributed by atoms with Gasteiger partial charge in [-0.05, 0) is 43.0 Å². The van der Waals surface area contributed by atoms with Gasteiger partial charge < -0.3 is 10.4 Å². The molecule has 1 amide bonds. The summed E-state index contributed by atoms with van der Waals surface area (Å²) >= 11 is 7.85. The average Bonchev–Trinajstić information content (AvgIpc) is 2.83. The highest BCUT2D eigenvalue weighted by Gasteiger charge is 2.62. The first kappa shape index (κ1) is 19.8. The van der Waals surface area contributed by atoms with E-state index in [1.54, 1.807) is 24.3 Å². The molecule has 7 nitrogen and oxygen atoms in total. The van der Waals surface area contributed by atoms with Crippen LogP contribution < -0.4 is 5.32 Å². The second-order valence-corrected chi connectivity index (χ2v) is 9.24. The van der Waals surface area contributed by atoms with E-state index in [0.29, 0.717) is 10.7 Å². The van der Waals surface area contributed by atoms with Crippen molar-refractivity contribution in [3.63, 3.8) is 0 Å². The minimum atomic E-state index is -1.28. The maximum atomic E-state index is 12.5. The molecule has 2 fully saturated rings. The highest BCUT2D eigenvalue weighted by Crippen LogP contribution is 2.53. The molecule has 0 spiro atoms. The van der Waals surface area contributed by atoms with Crippen molar-refractivity contribution in [1.82, 2.24) is 4.90 Å². The molecule has 1 aromatic rings. The standard InChI is InChI=1S/C17H16ClN3O4S2/c1-8-17(3,15(24)25)27-14-12(13(23)21(8)14)20-16(26-9(2)22)19-11-6-4-10(18)5-7-11/h4-7,12,14H,1H2,2-3H3,(H,19,20)(H,24,25)/t12?,14-,17?/m1/s1. The van der Waals surface area contributed by atoms with Gasteiger partial charge in [-0.2, -0.15) is 0 Å². The quantitative estimate of drug-likeness (QED) is 0.436. The van der Waals surface area contributed by atoms with E-state index >= 15 is 0 Å². The summed E-state index contributed by atoms with van der Waals surface area (Å²) in [6.07, 6.45) is 0. The molecular weight excluding hydrogens is 410 g/mol. The third-order valence-electron chi connectivity index (χ3n) is 4.21. The number of carbonyl (C=O) groups excluding carboxylic acids is 2. The molecule has 0 saturated carbocycles. The van der Waals surface area contributed by atoms with E-state index < -0.39 is 22.1 Å². The maximum absolute atomic E-state index is 12.5. The molecule has 142 valence electrons. The van der Waals surface area contributed by atoms with Gasteiger partial charge in [0.15, 0.2) is 21.1 Å². The molecular formula is C17H16ClN3O4S2. The van der Waals surface area contributed by atoms with Crippen LogP contribution in [-0.4, -0.2) is 48.3 Å². The molecule has 27 heavy (non-hydrogen) atoms. The highest BCUT2D eigenvalue weighted by molar-refractivity contribution is 8.26. The fraction of sp³-hybridized carbons (Fsp3) is 0.294. The summed E-state index contributed by atoms with van der Waals surface area (Å²) in [7, 11) is 0. The van der Waals surface area contributed by atoms with Gasteiger partial charge in [-0.1, -0.05) is 18.2 Å². The van der Waals surface area contributed by atoms with E-state index in [4.69, 9.17) is 11.6 Å². The third kappa shape index (κ3) is 3.59. The number of hydrogen-bond acceptors (Lipinski definition) is 6. The summed E-state index contributed by atoms with van der Waals surface area (Å²) in [4.78, 5) is 41.4. The van der Waals surface area contributed by atoms with Crippen molar-refractivity contribution in [1.29, 1.82) is 0 Å². The predicted octanol–water partition coefficient (Wildman–Crippen LogP) is 3.03. The number of amides is 1. The van der Waals surface area contributed by atoms with Gasteiger partial charge in [0.2, 0.25) is 0 Å². The number of aliphatic imine (C=N–C) groups is 1. The Balaban J connectivity index is 1.84. The number of halogens is 1. The Kier molecular flexibility index (Phi) is 5.29. The van der Waals surface area contributed by atoms with Crippen LogP contribution in [0.1, 0.15) is 13.8 Å². The first-order valence-electron chi connectivity index (χ1n) is 7.86. The number of amidine groups is 1. The van der Waals surface area contributed by atoms with Gasteiger partial charge in [0.05, 0.1) is 0 Å². The molecule has 2 aliphatic rings. The monoisotopic (exact) mass is 425 g/mol. The molecule has 2 N–H and O–H groups in total. The number of nitrogens with zero attached hydrogens (tertiary/aromatic N) is 2. The molecule has 0 radical (unpaired) electrons. The number of rotatable bonds is 3. The Bertz CT molecular complexity index is 873. The Labute approximate surface area is 169 Å². The molecule has 2 aliphatic heterocycles. The zero-order valence-electron chi connectivity index (χ0n) is 14.4. The topological polar surface area (TPSA) is 99.1 Å². The minimum absolute atomic E-state index is 0.197. The predicted molar refractivity (Wildman–Crippen MR) is 108 cm³/mol. The lowest BCUT2D eigenvalue weighted by molar-refractivity contribution is -0.142. The number of carboxylic acids is 1. The Morgan fingerprint density at radius 2 is 2.04 bits per heavy atom. The van der Waals surface area contributed by atoms with Crippen molar-refractivity contribution in [3.05, 3.63) is 41.6 Å². The van der Waals surface area contributed by atoms with Gasteiger partial charge in [-0.3, -0.25) is 19.3 Å². The summed E-state index contributed by atoms with van der Waals surface area (Å²) in [6, 6.07) is 6.04. The molecule has 3 rings (SSSR count). The lowest BCUT2D eigenvalue weighted by Gasteiger charge is -2.39. The summed E-state index contributed by atoms with van der Waals surface area (Å²) in [5.41, 5.74) is 0.905. The first-order chi connectivity index (χ1) is 12.6. The number of aliphatic carboxylic acids is 1. The van der Waals surface area contributed by atoms with Crippen molar-refractivity contribution in [2.75, 3.05) is 5.32 Å². The summed E-state index contributed by atoms with van der Waals surface area (Å²) in [6.45, 7) is 6.68. The van der Waals surface area contributed by atoms with Gasteiger partial charge in [0.1, 0.15) is 5.37 Å². The van der Waals surface area contributed by atoms with Crippen LogP contribution in [0.15, 0.2) is 41.5 Å². The molecule has 0 aliphatic carbocycles. The van der Waals surface area contributed by atoms with Crippen molar-refractivity contribution in [2.24, 2.45) is 4.99 Å². The lowest BCUT2D eigenvalue weighted by Crippen LogP contribution is -2.59. The van der Waals surface area contributed by atoms with Crippen LogP contribution in [0.3, 0.4) is 0 Å². The van der Waals surface area contributed by atoms with Crippen molar-refractivity contribution in [3.8, 4) is 0 Å². The number of benzene rings is 1. The zero-order chi connectivity index (χ0) is 19.9. The first-order valence-corrected chi connectivity index (χ1v) is 9.93. The summed E-state index contributed by atoms with van der Waals surface area (Å²) in [5.74, 6) is -1.39. The van der Waals surface area contributed by atoms with Gasteiger partial charge in [-0.25, -0.2) is 4.99 Å². The number of carboxylic acid groups (broad SMARTS) is 1. The molecule has 2 unspecified atom stereocenters. The zero-order valence-corrected chi connectivity index (χ0v) is 16.8. The average molecular weight is 426 g/mol. The van der Waals surface area contributed by atoms with E-state index in [1.165, 1.54) is 18.7 Å². The number of β-lactam (4-membered cyclic amide) rings is 1. The van der Waals surface area contributed by atoms with Crippen LogP contribution in [0.5, 0.6) is 0 Å². The van der Waals surface area contributed by atoms with Crippen molar-refractivity contribution >= 4 is 63.0 Å². The number of carbonyl (C=O) groups is 3. The van der Waals surface area contributed by atoms with Crippen molar-refractivity contribution in [2.45, 2.75) is 30.0 Å². The van der Waals surface area contributed by atoms with E-state index in [1.807, 2.05) is 0 Å². The smallest absolute Gasteiger partial charge is 0.325 e. The number of fused-ring (bicyclic) bond motifs is 1. The second kappa shape index (κ2) is 7.21. The molecule has 10 heteroatoms. The fourth-order valence-electron chi connectivity index (χ4n) is 2.69. The highest BCUT2D eigenvalue weighted by atomic mass is 35.5. The minimum Gasteiger partial charge on any atom is -0.480 e. The SMILES string of the molecule is C=C1N2C(=O)C(N=C(Nc3ccc(Cl)cc3)SC(C)=O)[C@H]2SC1(C)C(=O)O. The molecule has 3 atom stereocenters. The van der Waals surface area contributed by atoms with Crippen LogP contribution in [0, 0.1) is 0 Å². The largest absolute Gasteiger partial charge is 0.480 e. The Morgan fingerprint density at radius 1 is 1.41 bits per heavy atom. The Hall–Kier alpha value is -1.97. The molecule has 1 aromatic carbocycles. The Morgan fingerprint density at radius 3 is 2.59 bits per heavy atom. The van der Waals surface area contributed by atoms with Gasteiger partial charge in [0.25, 0.3) is 5.91 Å². The maximum Gasteiger partial charge on any atom is 0.325 e. The lowest BCUT2D eigenvalue weighted by atomic mass is 10.0. The molecule has 0 aromatic heterocycles.